The number of aromatic nitrogens is 1. The van der Waals surface area contributed by atoms with E-state index in [2.05, 4.69) is 17.2 Å². The summed E-state index contributed by atoms with van der Waals surface area (Å²) in [5.74, 6) is -0.213. The Morgan fingerprint density at radius 1 is 1.35 bits per heavy atom. The van der Waals surface area contributed by atoms with Crippen LogP contribution in [0.4, 0.5) is 0 Å². The third kappa shape index (κ3) is 3.33. The quantitative estimate of drug-likeness (QED) is 0.674. The van der Waals surface area contributed by atoms with Gasteiger partial charge in [-0.3, -0.25) is 4.79 Å². The Balaban J connectivity index is 2.97. The highest BCUT2D eigenvalue weighted by Gasteiger charge is 2.18. The fraction of sp³-hybridized carbons (Fsp3) is 0.500. The van der Waals surface area contributed by atoms with E-state index in [1.54, 1.807) is 13.8 Å². The Labute approximate surface area is 112 Å². The van der Waals surface area contributed by atoms with Crippen LogP contribution in [0.5, 0.6) is 0 Å². The third-order valence-electron chi connectivity index (χ3n) is 2.54. The second kappa shape index (κ2) is 6.22. The number of aryl methyl sites for hydroxylation is 1. The van der Waals surface area contributed by atoms with Crippen molar-refractivity contribution in [3.8, 4) is 0 Å². The number of unbranched alkanes of at least 4 members (excludes halogenated alkanes) is 1. The van der Waals surface area contributed by atoms with E-state index in [1.807, 2.05) is 0 Å². The number of amides is 1. The number of nitrogens with zero attached hydrogens (tertiary/aromatic N) is 1. The van der Waals surface area contributed by atoms with Crippen LogP contribution in [-0.2, 0) is 0 Å². The van der Waals surface area contributed by atoms with Gasteiger partial charge in [0.15, 0.2) is 0 Å². The summed E-state index contributed by atoms with van der Waals surface area (Å²) in [6, 6.07) is 0. The number of halogens is 2. The van der Waals surface area contributed by atoms with Crippen molar-refractivity contribution in [1.82, 2.24) is 10.3 Å². The maximum atomic E-state index is 11.9. The van der Waals surface area contributed by atoms with E-state index in [1.165, 1.54) is 0 Å². The van der Waals surface area contributed by atoms with Gasteiger partial charge in [-0.15, -0.1) is 0 Å². The van der Waals surface area contributed by atoms with Crippen LogP contribution >= 0.6 is 23.2 Å². The topological polar surface area (TPSA) is 42.0 Å². The molecule has 3 nitrogen and oxygen atoms in total. The molecule has 1 aromatic heterocycles. The van der Waals surface area contributed by atoms with E-state index in [4.69, 9.17) is 23.2 Å². The monoisotopic (exact) mass is 274 g/mol. The Bertz CT molecular complexity index is 433. The zero-order valence-electron chi connectivity index (χ0n) is 10.2. The second-order valence-electron chi connectivity index (χ2n) is 3.91. The van der Waals surface area contributed by atoms with Gasteiger partial charge in [0.2, 0.25) is 0 Å². The van der Waals surface area contributed by atoms with Gasteiger partial charge in [0, 0.05) is 6.54 Å². The molecule has 5 heteroatoms. The number of carbonyl (C=O) groups excluding carboxylic acids is 1. The summed E-state index contributed by atoms with van der Waals surface area (Å²) >= 11 is 12.0. The number of rotatable bonds is 4. The van der Waals surface area contributed by atoms with Crippen molar-refractivity contribution in [2.45, 2.75) is 33.6 Å². The normalized spacial score (nSPS) is 10.4. The molecular formula is C12H16Cl2N2O. The second-order valence-corrected chi connectivity index (χ2v) is 4.65. The van der Waals surface area contributed by atoms with Gasteiger partial charge in [-0.1, -0.05) is 36.5 Å². The highest BCUT2D eigenvalue weighted by molar-refractivity contribution is 6.35. The van der Waals surface area contributed by atoms with Crippen LogP contribution in [-0.4, -0.2) is 17.4 Å². The molecule has 0 saturated carbocycles. The van der Waals surface area contributed by atoms with Crippen LogP contribution < -0.4 is 5.32 Å². The molecule has 1 rings (SSSR count). The lowest BCUT2D eigenvalue weighted by Gasteiger charge is -2.11. The molecule has 0 aromatic carbocycles. The predicted molar refractivity (Wildman–Crippen MR) is 71.0 cm³/mol. The Kier molecular flexibility index (Phi) is 5.22. The first kappa shape index (κ1) is 14.3. The first-order chi connectivity index (χ1) is 7.99. The van der Waals surface area contributed by atoms with Gasteiger partial charge in [0.05, 0.1) is 16.3 Å². The zero-order chi connectivity index (χ0) is 13.0. The van der Waals surface area contributed by atoms with Gasteiger partial charge in [0.1, 0.15) is 5.15 Å². The van der Waals surface area contributed by atoms with Gasteiger partial charge in [0.25, 0.3) is 5.91 Å². The van der Waals surface area contributed by atoms with Crippen LogP contribution in [0.1, 0.15) is 41.4 Å². The fourth-order valence-electron chi connectivity index (χ4n) is 1.52. The molecule has 1 amide bonds. The molecule has 94 valence electrons. The summed E-state index contributed by atoms with van der Waals surface area (Å²) < 4.78 is 0. The molecule has 0 aliphatic carbocycles. The molecule has 0 aliphatic rings. The summed E-state index contributed by atoms with van der Waals surface area (Å²) in [4.78, 5) is 16.0. The van der Waals surface area contributed by atoms with E-state index in [0.29, 0.717) is 28.4 Å². The smallest absolute Gasteiger partial charge is 0.254 e. The molecule has 1 N–H and O–H groups in total. The van der Waals surface area contributed by atoms with Crippen molar-refractivity contribution in [3.63, 3.8) is 0 Å². The Morgan fingerprint density at radius 3 is 2.59 bits per heavy atom. The maximum Gasteiger partial charge on any atom is 0.254 e. The Hall–Kier alpha value is -0.800. The van der Waals surface area contributed by atoms with Crippen molar-refractivity contribution >= 4 is 29.1 Å². The van der Waals surface area contributed by atoms with Crippen molar-refractivity contribution in [1.29, 1.82) is 0 Å². The van der Waals surface area contributed by atoms with Gasteiger partial charge in [-0.2, -0.15) is 0 Å². The molecule has 1 aromatic rings. The van der Waals surface area contributed by atoms with E-state index in [9.17, 15) is 4.79 Å². The van der Waals surface area contributed by atoms with Gasteiger partial charge < -0.3 is 5.32 Å². The summed E-state index contributed by atoms with van der Waals surface area (Å²) in [6.07, 6.45) is 1.97. The van der Waals surface area contributed by atoms with E-state index in [-0.39, 0.29) is 11.1 Å². The van der Waals surface area contributed by atoms with Crippen LogP contribution in [0.2, 0.25) is 10.2 Å². The third-order valence-corrected chi connectivity index (χ3v) is 3.37. The largest absolute Gasteiger partial charge is 0.352 e. The minimum Gasteiger partial charge on any atom is -0.352 e. The van der Waals surface area contributed by atoms with E-state index >= 15 is 0 Å². The molecule has 0 fully saturated rings. The highest BCUT2D eigenvalue weighted by atomic mass is 35.5. The predicted octanol–water partition coefficient (Wildman–Crippen LogP) is 3.54. The number of carbonyl (C=O) groups is 1. The summed E-state index contributed by atoms with van der Waals surface area (Å²) in [5, 5.41) is 3.51. The first-order valence-corrected chi connectivity index (χ1v) is 6.35. The van der Waals surface area contributed by atoms with E-state index < -0.39 is 0 Å². The SMILES string of the molecule is CCCCNC(=O)c1c(Cl)nc(C)c(Cl)c1C. The van der Waals surface area contributed by atoms with Crippen molar-refractivity contribution in [2.75, 3.05) is 6.54 Å². The van der Waals surface area contributed by atoms with E-state index in [0.717, 1.165) is 12.8 Å². The summed E-state index contributed by atoms with van der Waals surface area (Å²) in [7, 11) is 0. The average Bonchev–Trinajstić information content (AvgIpc) is 2.26. The number of pyridine rings is 1. The number of hydrogen-bond donors (Lipinski definition) is 1. The average molecular weight is 275 g/mol. The summed E-state index contributed by atoms with van der Waals surface area (Å²) in [5.41, 5.74) is 1.69. The van der Waals surface area contributed by atoms with Gasteiger partial charge in [-0.25, -0.2) is 4.98 Å². The lowest BCUT2D eigenvalue weighted by Crippen LogP contribution is -2.26. The molecule has 17 heavy (non-hydrogen) atoms. The van der Waals surface area contributed by atoms with Crippen molar-refractivity contribution < 1.29 is 4.79 Å². The zero-order valence-corrected chi connectivity index (χ0v) is 11.7. The summed E-state index contributed by atoms with van der Waals surface area (Å²) in [6.45, 7) is 6.24. The minimum atomic E-state index is -0.213. The Morgan fingerprint density at radius 2 is 2.00 bits per heavy atom. The lowest BCUT2D eigenvalue weighted by atomic mass is 10.1. The molecule has 0 radical (unpaired) electrons. The molecular weight excluding hydrogens is 259 g/mol. The number of nitrogens with one attached hydrogen (secondary N) is 1. The molecule has 0 spiro atoms. The molecule has 0 atom stereocenters. The highest BCUT2D eigenvalue weighted by Crippen LogP contribution is 2.26. The van der Waals surface area contributed by atoms with Gasteiger partial charge in [-0.05, 0) is 25.8 Å². The van der Waals surface area contributed by atoms with Crippen molar-refractivity contribution in [2.24, 2.45) is 0 Å². The first-order valence-electron chi connectivity index (χ1n) is 5.59. The number of hydrogen-bond acceptors (Lipinski definition) is 2. The maximum absolute atomic E-state index is 11.9. The van der Waals surface area contributed by atoms with Crippen molar-refractivity contribution in [3.05, 3.63) is 27.0 Å². The van der Waals surface area contributed by atoms with Crippen LogP contribution in [0.3, 0.4) is 0 Å². The van der Waals surface area contributed by atoms with Crippen LogP contribution in [0, 0.1) is 13.8 Å². The van der Waals surface area contributed by atoms with Crippen LogP contribution in [0.25, 0.3) is 0 Å². The lowest BCUT2D eigenvalue weighted by molar-refractivity contribution is 0.0952. The van der Waals surface area contributed by atoms with Gasteiger partial charge >= 0.3 is 0 Å². The molecule has 0 aliphatic heterocycles. The minimum absolute atomic E-state index is 0.207. The molecule has 1 heterocycles. The molecule has 0 saturated heterocycles. The molecule has 0 unspecified atom stereocenters. The molecule has 0 bridgehead atoms. The fourth-order valence-corrected chi connectivity index (χ4v) is 2.01. The van der Waals surface area contributed by atoms with Crippen LogP contribution in [0.15, 0.2) is 0 Å². The standard InChI is InChI=1S/C12H16Cl2N2O/c1-4-5-6-15-12(17)9-7(2)10(13)8(3)16-11(9)14/h4-6H2,1-3H3,(H,15,17).